The Hall–Kier alpha value is -3.03. The third-order valence-corrected chi connectivity index (χ3v) is 15.2. The molecule has 0 aliphatic carbocycles. The average Bonchev–Trinajstić information content (AvgIpc) is 3.87. The van der Waals surface area contributed by atoms with Crippen LogP contribution < -0.4 is 20.4 Å². The molecule has 3 fully saturated rings. The molecule has 4 aromatic rings. The minimum atomic E-state index is -4.77. The fraction of sp³-hybridized carbons (Fsp3) is 0.622. The van der Waals surface area contributed by atoms with Crippen LogP contribution in [-0.4, -0.2) is 111 Å². The average molecular weight is 993 g/mol. The van der Waals surface area contributed by atoms with E-state index in [1.807, 2.05) is 27.7 Å². The molecule has 0 bridgehead atoms. The van der Waals surface area contributed by atoms with Crippen molar-refractivity contribution in [1.82, 2.24) is 19.6 Å². The van der Waals surface area contributed by atoms with Gasteiger partial charge in [0, 0.05) is 17.5 Å². The van der Waals surface area contributed by atoms with E-state index >= 15 is 0 Å². The lowest BCUT2D eigenvalue weighted by molar-refractivity contribution is -0.142. The SMILES string of the molecule is CC1(C)OB(c2ccc(Cl)c3c(N(S(C)(=O)=O)S(C)(=O)=O)nn(CC(F)(F)F)c23)OC1(C)C.CC1(C)OB(c2ccc(Cl)c3c(N)nn(CC(F)(F)F)c23)OC1(C)C.CC1CCCO1. The van der Waals surface area contributed by atoms with Crippen molar-refractivity contribution in [3.8, 4) is 0 Å². The van der Waals surface area contributed by atoms with Gasteiger partial charge in [0.2, 0.25) is 20.0 Å². The maximum Gasteiger partial charge on any atom is 0.497 e. The monoisotopic (exact) mass is 992 g/mol. The highest BCUT2D eigenvalue weighted by Gasteiger charge is 2.54. The molecule has 2 N–H and O–H groups in total. The minimum Gasteiger partial charge on any atom is -0.399 e. The van der Waals surface area contributed by atoms with Crippen molar-refractivity contribution >= 4 is 102 Å². The van der Waals surface area contributed by atoms with Crippen LogP contribution in [0.25, 0.3) is 21.8 Å². The van der Waals surface area contributed by atoms with E-state index < -0.39 is 87.9 Å². The number of rotatable bonds is 7. The molecule has 2 aromatic carbocycles. The van der Waals surface area contributed by atoms with Crippen molar-refractivity contribution in [1.29, 1.82) is 0 Å². The fourth-order valence-corrected chi connectivity index (χ4v) is 10.3. The number of hydrogen-bond donors (Lipinski definition) is 1. The summed E-state index contributed by atoms with van der Waals surface area (Å²) in [6, 6.07) is 5.80. The zero-order valence-electron chi connectivity index (χ0n) is 36.9. The van der Waals surface area contributed by atoms with Crippen LogP contribution >= 0.6 is 23.2 Å². The lowest BCUT2D eigenvalue weighted by Crippen LogP contribution is -2.41. The highest BCUT2D eigenvalue weighted by molar-refractivity contribution is 8.09. The van der Waals surface area contributed by atoms with Gasteiger partial charge in [0.15, 0.2) is 11.6 Å². The van der Waals surface area contributed by atoms with Gasteiger partial charge in [-0.05, 0) is 87.3 Å². The number of hydrogen-bond acceptors (Lipinski definition) is 12. The molecule has 1 atom stereocenters. The Balaban J connectivity index is 0.000000218. The molecule has 7 rings (SSSR count). The first-order valence-electron chi connectivity index (χ1n) is 19.7. The Morgan fingerprint density at radius 3 is 1.42 bits per heavy atom. The minimum absolute atomic E-state index is 0.0465. The quantitative estimate of drug-likeness (QED) is 0.155. The number of anilines is 2. The number of sulfonamides is 2. The topological polar surface area (TPSA) is 179 Å². The number of nitrogen functional groups attached to an aromatic ring is 1. The van der Waals surface area contributed by atoms with Crippen molar-refractivity contribution in [2.75, 3.05) is 28.6 Å². The molecule has 356 valence electrons. The molecule has 3 aliphatic rings. The Morgan fingerprint density at radius 1 is 0.719 bits per heavy atom. The van der Waals surface area contributed by atoms with E-state index in [1.165, 1.54) is 25.0 Å². The summed E-state index contributed by atoms with van der Waals surface area (Å²) < 4.78 is 158. The molecule has 1 unspecified atom stereocenters. The summed E-state index contributed by atoms with van der Waals surface area (Å²) in [5.41, 5.74) is 3.25. The molecule has 15 nitrogen and oxygen atoms in total. The Bertz CT molecular complexity index is 2560. The number of fused-ring (bicyclic) bond motifs is 2. The summed E-state index contributed by atoms with van der Waals surface area (Å²) in [6.45, 7) is 14.6. The number of aromatic nitrogens is 4. The van der Waals surface area contributed by atoms with Gasteiger partial charge < -0.3 is 29.1 Å². The first-order chi connectivity index (χ1) is 28.9. The van der Waals surface area contributed by atoms with Crippen LogP contribution in [0.1, 0.15) is 75.2 Å². The maximum absolute atomic E-state index is 13.4. The zero-order chi connectivity index (χ0) is 48.6. The predicted molar refractivity (Wildman–Crippen MR) is 234 cm³/mol. The molecule has 0 spiro atoms. The number of halogens is 8. The van der Waals surface area contributed by atoms with Crippen LogP contribution in [0.2, 0.25) is 10.0 Å². The fourth-order valence-electron chi connectivity index (χ4n) is 6.94. The summed E-state index contributed by atoms with van der Waals surface area (Å²) in [5, 5.41) is 7.54. The van der Waals surface area contributed by atoms with E-state index in [2.05, 4.69) is 17.1 Å². The lowest BCUT2D eigenvalue weighted by Gasteiger charge is -2.32. The van der Waals surface area contributed by atoms with E-state index in [1.54, 1.807) is 39.8 Å². The zero-order valence-corrected chi connectivity index (χ0v) is 40.0. The number of nitrogens with two attached hydrogens (primary N) is 1. The summed E-state index contributed by atoms with van der Waals surface area (Å²) in [5.74, 6) is -0.842. The summed E-state index contributed by atoms with van der Waals surface area (Å²) >= 11 is 12.4. The second-order valence-electron chi connectivity index (χ2n) is 17.7. The number of ether oxygens (including phenoxy) is 1. The number of nitrogens with zero attached hydrogens (tertiary/aromatic N) is 5. The molecule has 5 heterocycles. The molecule has 0 saturated carbocycles. The van der Waals surface area contributed by atoms with Gasteiger partial charge in [0.25, 0.3) is 0 Å². The van der Waals surface area contributed by atoms with E-state index in [0.717, 1.165) is 11.3 Å². The largest absolute Gasteiger partial charge is 0.497 e. The maximum atomic E-state index is 13.4. The summed E-state index contributed by atoms with van der Waals surface area (Å²) in [6.07, 6.45) is -4.97. The van der Waals surface area contributed by atoms with E-state index in [4.69, 9.17) is 52.3 Å². The molecule has 2 aromatic heterocycles. The van der Waals surface area contributed by atoms with Crippen molar-refractivity contribution in [2.45, 2.75) is 129 Å². The van der Waals surface area contributed by atoms with Crippen LogP contribution in [0, 0.1) is 0 Å². The van der Waals surface area contributed by atoms with Gasteiger partial charge in [-0.25, -0.2) is 16.8 Å². The van der Waals surface area contributed by atoms with E-state index in [0.29, 0.717) is 28.8 Å². The van der Waals surface area contributed by atoms with Gasteiger partial charge in [-0.15, -0.1) is 3.71 Å². The molecule has 0 radical (unpaired) electrons. The summed E-state index contributed by atoms with van der Waals surface area (Å²) in [7, 11) is -11.0. The Morgan fingerprint density at radius 2 is 1.09 bits per heavy atom. The van der Waals surface area contributed by atoms with Gasteiger partial charge in [-0.1, -0.05) is 35.3 Å². The predicted octanol–water partition coefficient (Wildman–Crippen LogP) is 6.60. The molecule has 0 amide bonds. The summed E-state index contributed by atoms with van der Waals surface area (Å²) in [4.78, 5) is 0. The Kier molecular flexibility index (Phi) is 14.3. The van der Waals surface area contributed by atoms with Gasteiger partial charge in [-0.3, -0.25) is 9.36 Å². The highest BCUT2D eigenvalue weighted by Crippen LogP contribution is 2.41. The molecule has 3 saturated heterocycles. The van der Waals surface area contributed by atoms with Crippen LogP contribution in [0.5, 0.6) is 0 Å². The van der Waals surface area contributed by atoms with E-state index in [-0.39, 0.29) is 46.8 Å². The van der Waals surface area contributed by atoms with Crippen LogP contribution in [0.4, 0.5) is 38.0 Å². The third kappa shape index (κ3) is 11.0. The van der Waals surface area contributed by atoms with Crippen molar-refractivity contribution in [3.05, 3.63) is 34.3 Å². The van der Waals surface area contributed by atoms with Crippen molar-refractivity contribution < 1.29 is 66.5 Å². The molecular formula is C37H50B2Cl2F6N6O9S2. The second kappa shape index (κ2) is 17.6. The number of benzene rings is 2. The molecular weight excluding hydrogens is 943 g/mol. The smallest absolute Gasteiger partial charge is 0.399 e. The number of alkyl halides is 6. The Labute approximate surface area is 378 Å². The standard InChI is InChI=1S/C17H22BClF3N3O6S2.C15H18BClF3N3O2.C5H10O/c1-15(2)16(3,4)31-18(30-15)10-7-8-11(19)12-13(10)24(9-17(20,21)22)23-14(12)25(32(5,26)27)33(6,28)29;1-13(2)14(3,4)25-16(24-13)8-5-6-9(17)10-11(8)23(22-12(10)21)7-15(18,19)20;1-5-3-2-4-6-5/h7-8H,9H2,1-6H3;5-6H,7H2,1-4H3,(H2,21,22);5H,2-4H2,1H3. The first kappa shape index (κ1) is 51.9. The molecule has 27 heteroatoms. The third-order valence-electron chi connectivity index (χ3n) is 11.4. The molecule has 3 aliphatic heterocycles. The van der Waals surface area contributed by atoms with Crippen LogP contribution in [-0.2, 0) is 56.5 Å². The van der Waals surface area contributed by atoms with E-state index in [9.17, 15) is 43.2 Å². The second-order valence-corrected chi connectivity index (χ2v) is 22.4. The molecule has 64 heavy (non-hydrogen) atoms. The van der Waals surface area contributed by atoms with Crippen LogP contribution in [0.15, 0.2) is 24.3 Å². The van der Waals surface area contributed by atoms with Gasteiger partial charge >= 0.3 is 26.6 Å². The van der Waals surface area contributed by atoms with Crippen molar-refractivity contribution in [2.24, 2.45) is 0 Å². The van der Waals surface area contributed by atoms with Crippen LogP contribution in [0.3, 0.4) is 0 Å². The van der Waals surface area contributed by atoms with Gasteiger partial charge in [-0.2, -0.15) is 36.5 Å². The van der Waals surface area contributed by atoms with Gasteiger partial charge in [0.1, 0.15) is 13.1 Å². The first-order valence-corrected chi connectivity index (χ1v) is 24.1. The normalized spacial score (nSPS) is 20.6. The lowest BCUT2D eigenvalue weighted by atomic mass is 9.77. The van der Waals surface area contributed by atoms with Gasteiger partial charge in [0.05, 0.1) is 72.9 Å². The highest BCUT2D eigenvalue weighted by atomic mass is 35.5. The van der Waals surface area contributed by atoms with Crippen molar-refractivity contribution in [3.63, 3.8) is 0 Å².